The fourth-order valence-electron chi connectivity index (χ4n) is 4.82. The van der Waals surface area contributed by atoms with Crippen LogP contribution < -0.4 is 0 Å². The molecule has 2 aromatic rings. The number of amides is 1. The number of piperidine rings is 2. The zero-order valence-corrected chi connectivity index (χ0v) is 20.0. The molecule has 32 heavy (non-hydrogen) atoms. The third-order valence-electron chi connectivity index (χ3n) is 7.09. The van der Waals surface area contributed by atoms with Gasteiger partial charge in [-0.25, -0.2) is 8.42 Å². The summed E-state index contributed by atoms with van der Waals surface area (Å²) in [4.78, 5) is 15.4. The molecule has 0 aromatic heterocycles. The summed E-state index contributed by atoms with van der Waals surface area (Å²) in [6, 6.07) is 15.5. The van der Waals surface area contributed by atoms with Gasteiger partial charge in [-0.15, -0.1) is 0 Å². The Kier molecular flexibility index (Phi) is 7.01. The molecule has 0 saturated carbocycles. The number of likely N-dealkylation sites (tertiary alicyclic amines) is 1. The number of carbonyl (C=O) groups is 1. The number of rotatable bonds is 5. The highest BCUT2D eigenvalue weighted by molar-refractivity contribution is 7.89. The van der Waals surface area contributed by atoms with Crippen molar-refractivity contribution >= 4 is 15.9 Å². The molecule has 5 nitrogen and oxygen atoms in total. The SMILES string of the molecule is Cc1ccc(S(=O)(=O)N2CCC(C)CC2)cc1C(=O)N1CCC(Cc2ccccc2)CC1. The van der Waals surface area contributed by atoms with Crippen LogP contribution in [0.2, 0.25) is 0 Å². The monoisotopic (exact) mass is 454 g/mol. The van der Waals surface area contributed by atoms with Gasteiger partial charge in [-0.1, -0.05) is 43.3 Å². The molecule has 2 heterocycles. The Bertz CT molecular complexity index is 1040. The van der Waals surface area contributed by atoms with Crippen LogP contribution in [-0.4, -0.2) is 49.7 Å². The van der Waals surface area contributed by atoms with E-state index in [0.717, 1.165) is 50.8 Å². The summed E-state index contributed by atoms with van der Waals surface area (Å²) in [5.74, 6) is 1.09. The van der Waals surface area contributed by atoms with Crippen LogP contribution in [0.4, 0.5) is 0 Å². The van der Waals surface area contributed by atoms with Crippen LogP contribution in [-0.2, 0) is 16.4 Å². The van der Waals surface area contributed by atoms with Crippen LogP contribution in [0.25, 0.3) is 0 Å². The molecule has 0 bridgehead atoms. The number of aryl methyl sites for hydroxylation is 1. The molecule has 6 heteroatoms. The van der Waals surface area contributed by atoms with Gasteiger partial charge < -0.3 is 4.90 Å². The summed E-state index contributed by atoms with van der Waals surface area (Å²) >= 11 is 0. The topological polar surface area (TPSA) is 57.7 Å². The predicted molar refractivity (Wildman–Crippen MR) is 127 cm³/mol. The maximum atomic E-state index is 13.3. The minimum absolute atomic E-state index is 0.0509. The lowest BCUT2D eigenvalue weighted by atomic mass is 9.90. The Balaban J connectivity index is 1.44. The lowest BCUT2D eigenvalue weighted by Crippen LogP contribution is -2.40. The molecule has 1 amide bonds. The van der Waals surface area contributed by atoms with E-state index in [4.69, 9.17) is 0 Å². The van der Waals surface area contributed by atoms with E-state index in [0.29, 0.717) is 30.5 Å². The Morgan fingerprint density at radius 3 is 2.25 bits per heavy atom. The van der Waals surface area contributed by atoms with Gasteiger partial charge in [-0.05, 0) is 74.1 Å². The van der Waals surface area contributed by atoms with Crippen LogP contribution in [0.3, 0.4) is 0 Å². The van der Waals surface area contributed by atoms with Crippen LogP contribution >= 0.6 is 0 Å². The molecular weight excluding hydrogens is 420 g/mol. The number of hydrogen-bond acceptors (Lipinski definition) is 3. The van der Waals surface area contributed by atoms with E-state index in [1.54, 1.807) is 22.5 Å². The summed E-state index contributed by atoms with van der Waals surface area (Å²) < 4.78 is 27.9. The molecule has 0 N–H and O–H groups in total. The Morgan fingerprint density at radius 1 is 0.938 bits per heavy atom. The van der Waals surface area contributed by atoms with Crippen molar-refractivity contribution in [1.29, 1.82) is 0 Å². The maximum Gasteiger partial charge on any atom is 0.254 e. The van der Waals surface area contributed by atoms with E-state index in [9.17, 15) is 13.2 Å². The lowest BCUT2D eigenvalue weighted by Gasteiger charge is -2.33. The molecule has 2 aliphatic heterocycles. The second kappa shape index (κ2) is 9.75. The van der Waals surface area contributed by atoms with Crippen LogP contribution in [0.15, 0.2) is 53.4 Å². The maximum absolute atomic E-state index is 13.3. The van der Waals surface area contributed by atoms with E-state index < -0.39 is 10.0 Å². The highest BCUT2D eigenvalue weighted by atomic mass is 32.2. The predicted octanol–water partition coefficient (Wildman–Crippen LogP) is 4.51. The zero-order chi connectivity index (χ0) is 22.7. The van der Waals surface area contributed by atoms with Crippen LogP contribution in [0.1, 0.15) is 54.1 Å². The Morgan fingerprint density at radius 2 is 1.59 bits per heavy atom. The molecule has 0 aliphatic carbocycles. The van der Waals surface area contributed by atoms with Gasteiger partial charge >= 0.3 is 0 Å². The first kappa shape index (κ1) is 23.0. The molecule has 0 radical (unpaired) electrons. The van der Waals surface area contributed by atoms with Crippen LogP contribution in [0.5, 0.6) is 0 Å². The third kappa shape index (κ3) is 5.07. The van der Waals surface area contributed by atoms with E-state index in [1.807, 2.05) is 17.9 Å². The van der Waals surface area contributed by atoms with E-state index in [-0.39, 0.29) is 10.8 Å². The van der Waals surface area contributed by atoms with Crippen molar-refractivity contribution in [2.24, 2.45) is 11.8 Å². The first-order chi connectivity index (χ1) is 15.3. The molecule has 0 atom stereocenters. The summed E-state index contributed by atoms with van der Waals surface area (Å²) in [5, 5.41) is 0. The summed E-state index contributed by atoms with van der Waals surface area (Å²) in [5.41, 5.74) is 2.68. The van der Waals surface area contributed by atoms with E-state index in [1.165, 1.54) is 5.56 Å². The van der Waals surface area contributed by atoms with Gasteiger partial charge in [0.05, 0.1) is 4.90 Å². The summed E-state index contributed by atoms with van der Waals surface area (Å²) in [6.07, 6.45) is 4.76. The second-order valence-electron chi connectivity index (χ2n) is 9.49. The fourth-order valence-corrected chi connectivity index (χ4v) is 6.32. The molecule has 4 rings (SSSR count). The van der Waals surface area contributed by atoms with Gasteiger partial charge in [0.15, 0.2) is 0 Å². The third-order valence-corrected chi connectivity index (χ3v) is 8.98. The van der Waals surface area contributed by atoms with Crippen molar-refractivity contribution < 1.29 is 13.2 Å². The number of benzene rings is 2. The molecule has 172 valence electrons. The van der Waals surface area contributed by atoms with Crippen molar-refractivity contribution in [2.45, 2.75) is 50.8 Å². The molecule has 2 aromatic carbocycles. The van der Waals surface area contributed by atoms with Gasteiger partial charge in [0.2, 0.25) is 10.0 Å². The Hall–Kier alpha value is -2.18. The minimum atomic E-state index is -3.57. The number of sulfonamides is 1. The lowest BCUT2D eigenvalue weighted by molar-refractivity contribution is 0.0689. The highest BCUT2D eigenvalue weighted by Gasteiger charge is 2.30. The van der Waals surface area contributed by atoms with Crippen molar-refractivity contribution in [1.82, 2.24) is 9.21 Å². The van der Waals surface area contributed by atoms with Crippen molar-refractivity contribution in [3.63, 3.8) is 0 Å². The van der Waals surface area contributed by atoms with E-state index in [2.05, 4.69) is 31.2 Å². The molecule has 0 spiro atoms. The first-order valence-corrected chi connectivity index (χ1v) is 13.2. The second-order valence-corrected chi connectivity index (χ2v) is 11.4. The summed E-state index contributed by atoms with van der Waals surface area (Å²) in [7, 11) is -3.57. The molecule has 0 unspecified atom stereocenters. The van der Waals surface area contributed by atoms with Gasteiger partial charge in [-0.2, -0.15) is 4.31 Å². The Labute approximate surface area is 192 Å². The van der Waals surface area contributed by atoms with Crippen molar-refractivity contribution in [2.75, 3.05) is 26.2 Å². The van der Waals surface area contributed by atoms with Crippen LogP contribution in [0, 0.1) is 18.8 Å². The zero-order valence-electron chi connectivity index (χ0n) is 19.2. The molecule has 2 fully saturated rings. The fraction of sp³-hybridized carbons (Fsp3) is 0.500. The standard InChI is InChI=1S/C26H34N2O3S/c1-20-10-16-28(17-11-20)32(30,31)24-9-8-21(2)25(19-24)26(29)27-14-12-23(13-15-27)18-22-6-4-3-5-7-22/h3-9,19-20,23H,10-18H2,1-2H3. The smallest absolute Gasteiger partial charge is 0.254 e. The average molecular weight is 455 g/mol. The molecular formula is C26H34N2O3S. The number of nitrogens with zero attached hydrogens (tertiary/aromatic N) is 2. The van der Waals surface area contributed by atoms with Gasteiger partial charge in [0.25, 0.3) is 5.91 Å². The van der Waals surface area contributed by atoms with Gasteiger partial charge in [0, 0.05) is 31.7 Å². The quantitative estimate of drug-likeness (QED) is 0.668. The normalized spacial score (nSPS) is 19.2. The summed E-state index contributed by atoms with van der Waals surface area (Å²) in [6.45, 7) is 6.59. The number of carbonyl (C=O) groups excluding carboxylic acids is 1. The van der Waals surface area contributed by atoms with E-state index >= 15 is 0 Å². The van der Waals surface area contributed by atoms with Crippen molar-refractivity contribution in [3.05, 3.63) is 65.2 Å². The molecule has 2 saturated heterocycles. The van der Waals surface area contributed by atoms with Gasteiger partial charge in [0.1, 0.15) is 0 Å². The van der Waals surface area contributed by atoms with Gasteiger partial charge in [-0.3, -0.25) is 4.79 Å². The minimum Gasteiger partial charge on any atom is -0.339 e. The first-order valence-electron chi connectivity index (χ1n) is 11.8. The average Bonchev–Trinajstić information content (AvgIpc) is 2.80. The number of hydrogen-bond donors (Lipinski definition) is 0. The highest BCUT2D eigenvalue weighted by Crippen LogP contribution is 2.27. The van der Waals surface area contributed by atoms with Crippen molar-refractivity contribution in [3.8, 4) is 0 Å². The largest absolute Gasteiger partial charge is 0.339 e. The molecule has 2 aliphatic rings.